The zero-order valence-electron chi connectivity index (χ0n) is 17.2. The van der Waals surface area contributed by atoms with Crippen LogP contribution in [-0.4, -0.2) is 22.7 Å². The highest BCUT2D eigenvalue weighted by Crippen LogP contribution is 2.37. The predicted octanol–water partition coefficient (Wildman–Crippen LogP) is 7.09. The van der Waals surface area contributed by atoms with Gasteiger partial charge in [-0.3, -0.25) is 4.79 Å². The summed E-state index contributed by atoms with van der Waals surface area (Å²) in [5.74, 6) is 1.24. The van der Waals surface area contributed by atoms with Gasteiger partial charge in [0.25, 0.3) is 5.91 Å². The molecule has 10 heteroatoms. The van der Waals surface area contributed by atoms with Crippen LogP contribution in [0.2, 0.25) is 0 Å². The van der Waals surface area contributed by atoms with Crippen LogP contribution in [-0.2, 0) is 4.79 Å². The molecule has 6 nitrogen and oxygen atoms in total. The third kappa shape index (κ3) is 5.35. The van der Waals surface area contributed by atoms with E-state index in [1.54, 1.807) is 17.4 Å². The average Bonchev–Trinajstić information content (AvgIpc) is 3.49. The Morgan fingerprint density at radius 3 is 2.88 bits per heavy atom. The molecule has 33 heavy (non-hydrogen) atoms. The van der Waals surface area contributed by atoms with E-state index >= 15 is 0 Å². The Balaban J connectivity index is 1.29. The maximum atomic E-state index is 12.4. The second-order valence-corrected chi connectivity index (χ2v) is 11.0. The molecule has 0 atom stereocenters. The number of amidine groups is 1. The lowest BCUT2D eigenvalue weighted by Crippen LogP contribution is -2.19. The zero-order valence-corrected chi connectivity index (χ0v) is 21.2. The average molecular weight is 559 g/mol. The molecule has 0 saturated carbocycles. The van der Waals surface area contributed by atoms with Crippen molar-refractivity contribution in [1.29, 1.82) is 0 Å². The summed E-state index contributed by atoms with van der Waals surface area (Å²) in [4.78, 5) is 22.0. The van der Waals surface area contributed by atoms with Gasteiger partial charge in [-0.15, -0.1) is 11.3 Å². The Labute approximate surface area is 210 Å². The molecule has 0 unspecified atom stereocenters. The van der Waals surface area contributed by atoms with E-state index in [1.807, 2.05) is 61.5 Å². The number of carbonyl (C=O) groups is 1. The van der Waals surface area contributed by atoms with E-state index < -0.39 is 0 Å². The second-order valence-electron chi connectivity index (χ2n) is 6.76. The molecule has 2 aromatic carbocycles. The van der Waals surface area contributed by atoms with Crippen LogP contribution in [0.5, 0.6) is 5.75 Å². The van der Waals surface area contributed by atoms with Crippen LogP contribution in [0.4, 0.5) is 5.69 Å². The van der Waals surface area contributed by atoms with Crippen molar-refractivity contribution >= 4 is 83.8 Å². The monoisotopic (exact) mass is 557 g/mol. The van der Waals surface area contributed by atoms with Gasteiger partial charge in [0, 0.05) is 10.5 Å². The molecular formula is C23H16BrN3O3S3. The van der Waals surface area contributed by atoms with Crippen molar-refractivity contribution in [3.8, 4) is 5.75 Å². The number of aromatic nitrogens is 1. The number of rotatable bonds is 6. The van der Waals surface area contributed by atoms with E-state index in [-0.39, 0.29) is 5.91 Å². The first-order valence-electron chi connectivity index (χ1n) is 9.92. The van der Waals surface area contributed by atoms with Crippen LogP contribution in [0.25, 0.3) is 16.3 Å². The minimum Gasteiger partial charge on any atom is -0.494 e. The van der Waals surface area contributed by atoms with E-state index in [0.717, 1.165) is 30.5 Å². The molecule has 0 spiro atoms. The van der Waals surface area contributed by atoms with Gasteiger partial charge in [-0.25, -0.2) is 9.98 Å². The highest BCUT2D eigenvalue weighted by molar-refractivity contribution is 9.10. The smallest absolute Gasteiger partial charge is 0.264 e. The van der Waals surface area contributed by atoms with Crippen molar-refractivity contribution in [3.63, 3.8) is 0 Å². The zero-order chi connectivity index (χ0) is 22.8. The fraction of sp³-hybridized carbons (Fsp3) is 0.0870. The summed E-state index contributed by atoms with van der Waals surface area (Å²) < 4.78 is 14.4. The molecule has 0 radical (unpaired) electrons. The van der Waals surface area contributed by atoms with Crippen molar-refractivity contribution in [3.05, 3.63) is 69.7 Å². The number of thiazole rings is 1. The Hall–Kier alpha value is -2.53. The van der Waals surface area contributed by atoms with Crippen molar-refractivity contribution < 1.29 is 13.9 Å². The maximum absolute atomic E-state index is 12.4. The van der Waals surface area contributed by atoms with E-state index in [9.17, 15) is 4.79 Å². The summed E-state index contributed by atoms with van der Waals surface area (Å²) in [6.07, 6.45) is 1.72. The highest BCUT2D eigenvalue weighted by Gasteiger charge is 2.24. The molecule has 1 fully saturated rings. The van der Waals surface area contributed by atoms with E-state index in [2.05, 4.69) is 31.2 Å². The first kappa shape index (κ1) is 22.3. The minimum atomic E-state index is -0.197. The molecule has 5 rings (SSSR count). The van der Waals surface area contributed by atoms with Crippen molar-refractivity contribution in [2.45, 2.75) is 16.4 Å². The Morgan fingerprint density at radius 2 is 2.06 bits per heavy atom. The lowest BCUT2D eigenvalue weighted by molar-refractivity contribution is -0.115. The standard InChI is InChI=1S/C23H16BrN3O3S3/c1-2-29-15-7-9-17-18(11-15)32-23(26-17)33-20-10-8-16(30-20)12-19-21(28)27-22(31-19)25-14-5-3-13(24)4-6-14/h3-12H,2H2,1H3,(H,25,27,28)/b19-12-. The van der Waals surface area contributed by atoms with Crippen molar-refractivity contribution in [2.24, 2.45) is 4.99 Å². The number of hydrogen-bond donors (Lipinski definition) is 1. The van der Waals surface area contributed by atoms with Gasteiger partial charge in [0.05, 0.1) is 27.4 Å². The summed E-state index contributed by atoms with van der Waals surface area (Å²) in [6.45, 7) is 2.59. The quantitative estimate of drug-likeness (QED) is 0.255. The van der Waals surface area contributed by atoms with Crippen LogP contribution < -0.4 is 10.1 Å². The second kappa shape index (κ2) is 9.76. The first-order chi connectivity index (χ1) is 16.1. The molecule has 1 amide bonds. The number of halogens is 1. The van der Waals surface area contributed by atoms with Crippen molar-refractivity contribution in [1.82, 2.24) is 10.3 Å². The normalized spacial score (nSPS) is 16.1. The maximum Gasteiger partial charge on any atom is 0.264 e. The summed E-state index contributed by atoms with van der Waals surface area (Å²) in [5.41, 5.74) is 1.69. The van der Waals surface area contributed by atoms with Gasteiger partial charge in [0.1, 0.15) is 11.5 Å². The van der Waals surface area contributed by atoms with Crippen LogP contribution >= 0.6 is 50.8 Å². The number of amides is 1. The summed E-state index contributed by atoms with van der Waals surface area (Å²) in [7, 11) is 0. The predicted molar refractivity (Wildman–Crippen MR) is 139 cm³/mol. The minimum absolute atomic E-state index is 0.197. The number of furan rings is 1. The van der Waals surface area contributed by atoms with Crippen LogP contribution in [0, 0.1) is 0 Å². The molecule has 0 bridgehead atoms. The summed E-state index contributed by atoms with van der Waals surface area (Å²) in [5, 5.41) is 4.04. The number of ether oxygens (including phenoxy) is 1. The van der Waals surface area contributed by atoms with Gasteiger partial charge >= 0.3 is 0 Å². The fourth-order valence-corrected chi connectivity index (χ4v) is 6.06. The molecule has 0 aliphatic carbocycles. The van der Waals surface area contributed by atoms with E-state index in [0.29, 0.717) is 27.5 Å². The highest BCUT2D eigenvalue weighted by atomic mass is 79.9. The third-order valence-corrected chi connectivity index (χ3v) is 7.86. The van der Waals surface area contributed by atoms with Gasteiger partial charge < -0.3 is 14.5 Å². The van der Waals surface area contributed by atoms with Gasteiger partial charge in [-0.05, 0) is 85.0 Å². The number of nitrogens with one attached hydrogen (secondary N) is 1. The summed E-state index contributed by atoms with van der Waals surface area (Å²) >= 11 is 7.72. The Kier molecular flexibility index (Phi) is 6.59. The Bertz CT molecular complexity index is 1390. The largest absolute Gasteiger partial charge is 0.494 e. The number of benzene rings is 2. The Morgan fingerprint density at radius 1 is 1.21 bits per heavy atom. The molecule has 2 aromatic heterocycles. The molecular weight excluding hydrogens is 542 g/mol. The first-order valence-corrected chi connectivity index (χ1v) is 13.2. The molecule has 4 aromatic rings. The van der Waals surface area contributed by atoms with Crippen LogP contribution in [0.1, 0.15) is 12.7 Å². The molecule has 3 heterocycles. The van der Waals surface area contributed by atoms with E-state index in [1.165, 1.54) is 23.5 Å². The molecule has 166 valence electrons. The molecule has 1 N–H and O–H groups in total. The molecule has 1 saturated heterocycles. The number of carbonyl (C=O) groups excluding carboxylic acids is 1. The van der Waals surface area contributed by atoms with Gasteiger partial charge in [0.2, 0.25) is 0 Å². The summed E-state index contributed by atoms with van der Waals surface area (Å²) in [6, 6.07) is 17.2. The lowest BCUT2D eigenvalue weighted by atomic mass is 10.3. The number of hydrogen-bond acceptors (Lipinski definition) is 8. The lowest BCUT2D eigenvalue weighted by Gasteiger charge is -2.00. The number of nitrogens with zero attached hydrogens (tertiary/aromatic N) is 2. The van der Waals surface area contributed by atoms with E-state index in [4.69, 9.17) is 9.15 Å². The van der Waals surface area contributed by atoms with Crippen LogP contribution in [0.3, 0.4) is 0 Å². The third-order valence-electron chi connectivity index (χ3n) is 4.42. The molecule has 1 aliphatic heterocycles. The molecule has 1 aliphatic rings. The number of fused-ring (bicyclic) bond motifs is 1. The number of thioether (sulfide) groups is 1. The van der Waals surface area contributed by atoms with Gasteiger partial charge in [-0.1, -0.05) is 15.9 Å². The number of aliphatic imine (C=N–C) groups is 1. The van der Waals surface area contributed by atoms with Gasteiger partial charge in [-0.2, -0.15) is 0 Å². The van der Waals surface area contributed by atoms with Crippen molar-refractivity contribution in [2.75, 3.05) is 6.61 Å². The SMILES string of the molecule is CCOc1ccc2nc(Sc3ccc(/C=C4\SC(=Nc5ccc(Br)cc5)NC4=O)o3)sc2c1. The topological polar surface area (TPSA) is 76.7 Å². The van der Waals surface area contributed by atoms with Gasteiger partial charge in [0.15, 0.2) is 14.6 Å². The fourth-order valence-electron chi connectivity index (χ4n) is 2.98. The van der Waals surface area contributed by atoms with Crippen LogP contribution in [0.15, 0.2) is 82.8 Å².